The van der Waals surface area contributed by atoms with Crippen LogP contribution in [-0.4, -0.2) is 24.0 Å². The van der Waals surface area contributed by atoms with Crippen LogP contribution in [0.1, 0.15) is 51.0 Å². The molecule has 23 heavy (non-hydrogen) atoms. The van der Waals surface area contributed by atoms with E-state index in [0.717, 1.165) is 17.3 Å². The maximum atomic E-state index is 12.3. The summed E-state index contributed by atoms with van der Waals surface area (Å²) in [4.78, 5) is 12.3. The van der Waals surface area contributed by atoms with E-state index in [2.05, 4.69) is 57.8 Å². The minimum Gasteiger partial charge on any atom is -0.354 e. The number of carbonyl (C=O) groups is 1. The van der Waals surface area contributed by atoms with Crippen molar-refractivity contribution >= 4 is 21.8 Å². The summed E-state index contributed by atoms with van der Waals surface area (Å²) in [5, 5.41) is 6.83. The van der Waals surface area contributed by atoms with Crippen LogP contribution in [0.5, 0.6) is 0 Å². The zero-order valence-corrected chi connectivity index (χ0v) is 15.4. The molecule has 1 aromatic rings. The number of hydrogen-bond donors (Lipinski definition) is 2. The van der Waals surface area contributed by atoms with Crippen LogP contribution in [0.2, 0.25) is 0 Å². The number of halogens is 1. The van der Waals surface area contributed by atoms with Gasteiger partial charge in [-0.25, -0.2) is 0 Å². The van der Waals surface area contributed by atoms with Crippen molar-refractivity contribution in [2.24, 2.45) is 5.92 Å². The quantitative estimate of drug-likeness (QED) is 0.789. The lowest BCUT2D eigenvalue weighted by atomic mass is 9.89. The monoisotopic (exact) mass is 378 g/mol. The van der Waals surface area contributed by atoms with Crippen LogP contribution >= 0.6 is 15.9 Å². The van der Waals surface area contributed by atoms with Crippen molar-refractivity contribution < 1.29 is 4.79 Å². The van der Waals surface area contributed by atoms with E-state index in [0.29, 0.717) is 24.4 Å². The summed E-state index contributed by atoms with van der Waals surface area (Å²) in [5.41, 5.74) is 1.32. The maximum absolute atomic E-state index is 12.3. The average Bonchev–Trinajstić information content (AvgIpc) is 2.85. The molecule has 0 aromatic heterocycles. The van der Waals surface area contributed by atoms with Gasteiger partial charge in [0.25, 0.3) is 0 Å². The van der Waals surface area contributed by atoms with Gasteiger partial charge in [-0.2, -0.15) is 0 Å². The molecule has 4 heteroatoms. The Morgan fingerprint density at radius 3 is 2.57 bits per heavy atom. The summed E-state index contributed by atoms with van der Waals surface area (Å²) >= 11 is 3.46. The van der Waals surface area contributed by atoms with Gasteiger partial charge in [-0.1, -0.05) is 28.1 Å². The minimum absolute atomic E-state index is 0.236. The number of benzene rings is 1. The summed E-state index contributed by atoms with van der Waals surface area (Å²) in [6.07, 6.45) is 7.65. The van der Waals surface area contributed by atoms with Gasteiger partial charge < -0.3 is 10.6 Å². The third kappa shape index (κ3) is 5.05. The van der Waals surface area contributed by atoms with E-state index in [9.17, 15) is 4.79 Å². The Morgan fingerprint density at radius 2 is 1.91 bits per heavy atom. The predicted octanol–water partition coefficient (Wildman–Crippen LogP) is 3.81. The minimum atomic E-state index is 0.236. The van der Waals surface area contributed by atoms with E-state index in [1.165, 1.54) is 31.2 Å². The summed E-state index contributed by atoms with van der Waals surface area (Å²) in [6.45, 7) is 2.11. The number of nitrogens with one attached hydrogen (secondary N) is 2. The molecule has 2 bridgehead atoms. The molecule has 0 radical (unpaired) electrons. The second-order valence-corrected chi connectivity index (χ2v) is 8.23. The number of piperidine rings is 1. The van der Waals surface area contributed by atoms with Gasteiger partial charge in [-0.15, -0.1) is 0 Å². The normalized spacial score (nSPS) is 27.7. The first kappa shape index (κ1) is 17.0. The lowest BCUT2D eigenvalue weighted by molar-refractivity contribution is -0.122. The number of aryl methyl sites for hydroxylation is 1. The van der Waals surface area contributed by atoms with Crippen molar-refractivity contribution in [3.05, 3.63) is 34.3 Å². The van der Waals surface area contributed by atoms with Crippen molar-refractivity contribution in [1.82, 2.24) is 10.6 Å². The standard InChI is InChI=1S/C19H27BrN2O/c1-13(2-3-14-4-6-16(20)7-5-14)21-19(23)12-15-10-17-8-9-18(11-15)22-17/h4-7,13,15,17-18,22H,2-3,8-12H2,1H3,(H,21,23). The van der Waals surface area contributed by atoms with E-state index in [4.69, 9.17) is 0 Å². The fourth-order valence-corrected chi connectivity index (χ4v) is 4.31. The molecule has 1 aromatic carbocycles. The Hall–Kier alpha value is -0.870. The Balaban J connectivity index is 1.38. The van der Waals surface area contributed by atoms with Crippen molar-refractivity contribution in [3.63, 3.8) is 0 Å². The Morgan fingerprint density at radius 1 is 1.26 bits per heavy atom. The molecular weight excluding hydrogens is 352 g/mol. The van der Waals surface area contributed by atoms with Crippen LogP contribution in [0.25, 0.3) is 0 Å². The fraction of sp³-hybridized carbons (Fsp3) is 0.632. The maximum Gasteiger partial charge on any atom is 0.220 e. The number of amides is 1. The van der Waals surface area contributed by atoms with Gasteiger partial charge in [0.1, 0.15) is 0 Å². The lowest BCUT2D eigenvalue weighted by Gasteiger charge is -2.29. The zero-order valence-electron chi connectivity index (χ0n) is 13.9. The highest BCUT2D eigenvalue weighted by Gasteiger charge is 2.34. The van der Waals surface area contributed by atoms with Crippen molar-refractivity contribution in [2.75, 3.05) is 0 Å². The second-order valence-electron chi connectivity index (χ2n) is 7.31. The van der Waals surface area contributed by atoms with Crippen LogP contribution in [0, 0.1) is 5.92 Å². The van der Waals surface area contributed by atoms with E-state index in [-0.39, 0.29) is 11.9 Å². The van der Waals surface area contributed by atoms with E-state index in [1.54, 1.807) is 0 Å². The summed E-state index contributed by atoms with van der Waals surface area (Å²) in [5.74, 6) is 0.812. The Kier molecular flexibility index (Phi) is 5.76. The third-order valence-electron chi connectivity index (χ3n) is 5.23. The molecule has 2 heterocycles. The van der Waals surface area contributed by atoms with Crippen LogP contribution in [-0.2, 0) is 11.2 Å². The molecule has 3 atom stereocenters. The third-order valence-corrected chi connectivity index (χ3v) is 5.76. The smallest absolute Gasteiger partial charge is 0.220 e. The average molecular weight is 379 g/mol. The molecule has 3 rings (SSSR count). The number of rotatable bonds is 6. The van der Waals surface area contributed by atoms with Crippen LogP contribution in [0.4, 0.5) is 0 Å². The second kappa shape index (κ2) is 7.80. The van der Waals surface area contributed by atoms with E-state index in [1.807, 2.05) is 0 Å². The molecule has 2 saturated heterocycles. The number of fused-ring (bicyclic) bond motifs is 2. The Labute approximate surface area is 147 Å². The molecule has 0 aliphatic carbocycles. The zero-order chi connectivity index (χ0) is 16.2. The largest absolute Gasteiger partial charge is 0.354 e. The summed E-state index contributed by atoms with van der Waals surface area (Å²) < 4.78 is 1.11. The van der Waals surface area contributed by atoms with Gasteiger partial charge in [0, 0.05) is 29.0 Å². The van der Waals surface area contributed by atoms with Crippen LogP contribution in [0.3, 0.4) is 0 Å². The molecular formula is C19H27BrN2O. The van der Waals surface area contributed by atoms with Gasteiger partial charge in [-0.3, -0.25) is 4.79 Å². The summed E-state index contributed by atoms with van der Waals surface area (Å²) in [6, 6.07) is 10.0. The van der Waals surface area contributed by atoms with Crippen LogP contribution in [0.15, 0.2) is 28.7 Å². The van der Waals surface area contributed by atoms with Crippen molar-refractivity contribution in [1.29, 1.82) is 0 Å². The highest BCUT2D eigenvalue weighted by Crippen LogP contribution is 2.32. The van der Waals surface area contributed by atoms with Gasteiger partial charge in [0.2, 0.25) is 5.91 Å². The van der Waals surface area contributed by atoms with Gasteiger partial charge in [0.05, 0.1) is 0 Å². The molecule has 0 spiro atoms. The predicted molar refractivity (Wildman–Crippen MR) is 97.4 cm³/mol. The van der Waals surface area contributed by atoms with E-state index >= 15 is 0 Å². The molecule has 2 fully saturated rings. The molecule has 2 N–H and O–H groups in total. The highest BCUT2D eigenvalue weighted by atomic mass is 79.9. The SMILES string of the molecule is CC(CCc1ccc(Br)cc1)NC(=O)CC1CC2CCC(C1)N2. The molecule has 2 aliphatic rings. The first-order chi connectivity index (χ1) is 11.1. The van der Waals surface area contributed by atoms with Gasteiger partial charge in [-0.05, 0) is 69.1 Å². The molecule has 3 nitrogen and oxygen atoms in total. The van der Waals surface area contributed by atoms with Gasteiger partial charge in [0.15, 0.2) is 0 Å². The van der Waals surface area contributed by atoms with Crippen molar-refractivity contribution in [2.45, 2.75) is 70.0 Å². The lowest BCUT2D eigenvalue weighted by Crippen LogP contribution is -2.40. The molecule has 3 unspecified atom stereocenters. The molecule has 0 saturated carbocycles. The highest BCUT2D eigenvalue weighted by molar-refractivity contribution is 9.10. The summed E-state index contributed by atoms with van der Waals surface area (Å²) in [7, 11) is 0. The first-order valence-electron chi connectivity index (χ1n) is 8.88. The molecule has 1 amide bonds. The van der Waals surface area contributed by atoms with Gasteiger partial charge >= 0.3 is 0 Å². The fourth-order valence-electron chi connectivity index (χ4n) is 4.04. The number of carbonyl (C=O) groups excluding carboxylic acids is 1. The molecule has 126 valence electrons. The Bertz CT molecular complexity index is 519. The first-order valence-corrected chi connectivity index (χ1v) is 9.67. The van der Waals surface area contributed by atoms with E-state index < -0.39 is 0 Å². The van der Waals surface area contributed by atoms with Crippen molar-refractivity contribution in [3.8, 4) is 0 Å². The topological polar surface area (TPSA) is 41.1 Å². The number of hydrogen-bond acceptors (Lipinski definition) is 2. The van der Waals surface area contributed by atoms with Crippen LogP contribution < -0.4 is 10.6 Å². The molecule has 2 aliphatic heterocycles.